The van der Waals surface area contributed by atoms with E-state index in [-0.39, 0.29) is 6.61 Å². The number of ether oxygens (including phenoxy) is 1. The quantitative estimate of drug-likeness (QED) is 0.428. The first kappa shape index (κ1) is 11.2. The first-order valence-electron chi connectivity index (χ1n) is 3.95. The van der Waals surface area contributed by atoms with Crippen LogP contribution in [0.15, 0.2) is 0 Å². The van der Waals surface area contributed by atoms with Gasteiger partial charge in [-0.15, -0.1) is 11.8 Å². The third-order valence-electron chi connectivity index (χ3n) is 2.08. The Labute approximate surface area is 80.3 Å². The zero-order valence-corrected chi connectivity index (χ0v) is 8.02. The van der Waals surface area contributed by atoms with Gasteiger partial charge in [-0.3, -0.25) is 0 Å². The van der Waals surface area contributed by atoms with E-state index in [9.17, 15) is 15.3 Å². The van der Waals surface area contributed by atoms with E-state index in [1.54, 1.807) is 6.26 Å². The van der Waals surface area contributed by atoms with Gasteiger partial charge in [0.15, 0.2) is 0 Å². The van der Waals surface area contributed by atoms with Gasteiger partial charge in [-0.2, -0.15) is 0 Å². The number of rotatable bonds is 2. The first-order chi connectivity index (χ1) is 6.11. The van der Waals surface area contributed by atoms with Crippen molar-refractivity contribution in [2.24, 2.45) is 0 Å². The fourth-order valence-corrected chi connectivity index (χ4v) is 1.96. The molecule has 1 saturated heterocycles. The van der Waals surface area contributed by atoms with Crippen LogP contribution < -0.4 is 0 Å². The summed E-state index contributed by atoms with van der Waals surface area (Å²) in [6.45, 7) is -0.373. The minimum atomic E-state index is -1.26. The Kier molecular flexibility index (Phi) is 3.96. The van der Waals surface area contributed by atoms with Gasteiger partial charge in [-0.05, 0) is 6.26 Å². The Hall–Kier alpha value is 0.150. The summed E-state index contributed by atoms with van der Waals surface area (Å²) in [4.78, 5) is 0. The molecule has 4 N–H and O–H groups in total. The van der Waals surface area contributed by atoms with E-state index in [2.05, 4.69) is 0 Å². The smallest absolute Gasteiger partial charge is 0.132 e. The van der Waals surface area contributed by atoms with Crippen LogP contribution in [-0.4, -0.2) is 63.1 Å². The van der Waals surface area contributed by atoms with Crippen LogP contribution in [-0.2, 0) is 4.74 Å². The van der Waals surface area contributed by atoms with Gasteiger partial charge in [0.05, 0.1) is 6.61 Å². The minimum Gasteiger partial charge on any atom is -0.394 e. The molecular formula is C7H14O5S. The largest absolute Gasteiger partial charge is 0.394 e. The molecular weight excluding hydrogens is 196 g/mol. The zero-order chi connectivity index (χ0) is 10.0. The highest BCUT2D eigenvalue weighted by Crippen LogP contribution is 2.26. The van der Waals surface area contributed by atoms with Crippen molar-refractivity contribution in [1.82, 2.24) is 0 Å². The number of aliphatic hydroxyl groups excluding tert-OH is 4. The van der Waals surface area contributed by atoms with Crippen molar-refractivity contribution in [2.45, 2.75) is 29.9 Å². The fourth-order valence-electron chi connectivity index (χ4n) is 1.26. The summed E-state index contributed by atoms with van der Waals surface area (Å²) < 4.78 is 5.13. The van der Waals surface area contributed by atoms with Crippen molar-refractivity contribution in [3.05, 3.63) is 0 Å². The molecule has 1 aliphatic rings. The topological polar surface area (TPSA) is 90.2 Å². The number of thioether (sulfide) groups is 1. The van der Waals surface area contributed by atoms with E-state index in [4.69, 9.17) is 9.84 Å². The maximum atomic E-state index is 9.38. The molecule has 1 rings (SSSR count). The van der Waals surface area contributed by atoms with Crippen molar-refractivity contribution in [1.29, 1.82) is 0 Å². The van der Waals surface area contributed by atoms with Crippen molar-refractivity contribution in [3.8, 4) is 0 Å². The predicted octanol–water partition coefficient (Wildman–Crippen LogP) is -1.85. The Morgan fingerprint density at radius 2 is 1.77 bits per heavy atom. The van der Waals surface area contributed by atoms with Gasteiger partial charge in [-0.25, -0.2) is 0 Å². The van der Waals surface area contributed by atoms with E-state index in [0.717, 1.165) is 0 Å². The van der Waals surface area contributed by atoms with Crippen molar-refractivity contribution < 1.29 is 25.2 Å². The molecule has 0 aromatic heterocycles. The average Bonchev–Trinajstić information content (AvgIpc) is 2.15. The monoisotopic (exact) mass is 210 g/mol. The molecule has 1 fully saturated rings. The zero-order valence-electron chi connectivity index (χ0n) is 7.20. The van der Waals surface area contributed by atoms with Gasteiger partial charge >= 0.3 is 0 Å². The van der Waals surface area contributed by atoms with Crippen LogP contribution in [0.1, 0.15) is 0 Å². The van der Waals surface area contributed by atoms with E-state index in [1.807, 2.05) is 0 Å². The van der Waals surface area contributed by atoms with Crippen LogP contribution in [0, 0.1) is 0 Å². The Morgan fingerprint density at radius 1 is 1.15 bits per heavy atom. The first-order valence-corrected chi connectivity index (χ1v) is 5.24. The molecule has 78 valence electrons. The standard InChI is InChI=1S/C7H14O5S/c1-13-7-6(11)5(10)4(9)3(2-8)12-7/h3-11H,2H2,1H3/t3?,4-,5?,6-,7+/m1/s1. The highest BCUT2D eigenvalue weighted by molar-refractivity contribution is 7.99. The van der Waals surface area contributed by atoms with Gasteiger partial charge in [-0.1, -0.05) is 0 Å². The highest BCUT2D eigenvalue weighted by Gasteiger charge is 2.42. The molecule has 0 aromatic rings. The summed E-state index contributed by atoms with van der Waals surface area (Å²) in [6.07, 6.45) is -2.72. The van der Waals surface area contributed by atoms with Gasteiger partial charge in [0.2, 0.25) is 0 Å². The number of aliphatic hydroxyl groups is 4. The molecule has 0 aromatic carbocycles. The molecule has 5 atom stereocenters. The molecule has 0 bridgehead atoms. The van der Waals surface area contributed by atoms with Crippen LogP contribution in [0.25, 0.3) is 0 Å². The molecule has 13 heavy (non-hydrogen) atoms. The van der Waals surface area contributed by atoms with Crippen LogP contribution >= 0.6 is 11.8 Å². The summed E-state index contributed by atoms with van der Waals surface area (Å²) in [5, 5.41) is 36.8. The van der Waals surface area contributed by atoms with E-state index < -0.39 is 29.9 Å². The summed E-state index contributed by atoms with van der Waals surface area (Å²) in [7, 11) is 0. The molecule has 1 heterocycles. The summed E-state index contributed by atoms with van der Waals surface area (Å²) >= 11 is 1.22. The molecule has 2 unspecified atom stereocenters. The number of hydrogen-bond acceptors (Lipinski definition) is 6. The van der Waals surface area contributed by atoms with Crippen LogP contribution in [0.2, 0.25) is 0 Å². The molecule has 0 amide bonds. The van der Waals surface area contributed by atoms with E-state index >= 15 is 0 Å². The third-order valence-corrected chi connectivity index (χ3v) is 2.94. The second-order valence-electron chi connectivity index (χ2n) is 2.93. The molecule has 0 spiro atoms. The van der Waals surface area contributed by atoms with E-state index in [0.29, 0.717) is 0 Å². The lowest BCUT2D eigenvalue weighted by molar-refractivity contribution is -0.205. The van der Waals surface area contributed by atoms with Crippen LogP contribution in [0.5, 0.6) is 0 Å². The molecule has 6 heteroatoms. The van der Waals surface area contributed by atoms with Gasteiger partial charge in [0.25, 0.3) is 0 Å². The lowest BCUT2D eigenvalue weighted by Gasteiger charge is -2.39. The Balaban J connectivity index is 2.66. The normalized spacial score (nSPS) is 46.4. The lowest BCUT2D eigenvalue weighted by Crippen LogP contribution is -2.57. The van der Waals surface area contributed by atoms with Gasteiger partial charge in [0, 0.05) is 0 Å². The predicted molar refractivity (Wildman–Crippen MR) is 47.3 cm³/mol. The maximum absolute atomic E-state index is 9.38. The molecule has 0 aliphatic carbocycles. The van der Waals surface area contributed by atoms with Gasteiger partial charge < -0.3 is 25.2 Å². The van der Waals surface area contributed by atoms with Crippen molar-refractivity contribution >= 4 is 11.8 Å². The van der Waals surface area contributed by atoms with Crippen LogP contribution in [0.3, 0.4) is 0 Å². The Bertz CT molecular complexity index is 147. The van der Waals surface area contributed by atoms with Crippen molar-refractivity contribution in [2.75, 3.05) is 12.9 Å². The van der Waals surface area contributed by atoms with Crippen molar-refractivity contribution in [3.63, 3.8) is 0 Å². The summed E-state index contributed by atoms with van der Waals surface area (Å²) in [5.41, 5.74) is -0.601. The van der Waals surface area contributed by atoms with Gasteiger partial charge in [0.1, 0.15) is 29.9 Å². The number of hydrogen-bond donors (Lipinski definition) is 4. The van der Waals surface area contributed by atoms with E-state index in [1.165, 1.54) is 11.8 Å². The minimum absolute atomic E-state index is 0.373. The molecule has 0 radical (unpaired) electrons. The van der Waals surface area contributed by atoms with Crippen LogP contribution in [0.4, 0.5) is 0 Å². The lowest BCUT2D eigenvalue weighted by atomic mass is 10.0. The Morgan fingerprint density at radius 3 is 2.23 bits per heavy atom. The highest BCUT2D eigenvalue weighted by atomic mass is 32.2. The SMILES string of the molecule is CS[C@@H]1OC(CO)[C@@H](O)C(O)[C@H]1O. The second-order valence-corrected chi connectivity index (χ2v) is 3.87. The molecule has 5 nitrogen and oxygen atoms in total. The summed E-state index contributed by atoms with van der Waals surface area (Å²) in [5.74, 6) is 0. The maximum Gasteiger partial charge on any atom is 0.132 e. The average molecular weight is 210 g/mol. The third kappa shape index (κ3) is 2.15. The fraction of sp³-hybridized carbons (Fsp3) is 1.00. The molecule has 1 aliphatic heterocycles. The second kappa shape index (κ2) is 4.59. The molecule has 0 saturated carbocycles. The summed E-state index contributed by atoms with van der Waals surface area (Å²) in [6, 6.07) is 0.